The zero-order valence-corrected chi connectivity index (χ0v) is 19.8. The molecule has 0 aliphatic carbocycles. The van der Waals surface area contributed by atoms with Crippen LogP contribution in [0.15, 0.2) is 100 Å². The predicted molar refractivity (Wildman–Crippen MR) is 133 cm³/mol. The van der Waals surface area contributed by atoms with Crippen molar-refractivity contribution in [3.63, 3.8) is 0 Å². The first-order chi connectivity index (χ1) is 17.0. The van der Waals surface area contributed by atoms with Gasteiger partial charge >= 0.3 is 11.7 Å². The summed E-state index contributed by atoms with van der Waals surface area (Å²) in [6.45, 7) is 3.71. The maximum atomic E-state index is 15.8. The minimum Gasteiger partial charge on any atom is -0.459 e. The number of hydrogen-bond donors (Lipinski definition) is 0. The summed E-state index contributed by atoms with van der Waals surface area (Å²) >= 11 is 0. The minimum atomic E-state index is -1.65. The molecule has 0 amide bonds. The van der Waals surface area contributed by atoms with Gasteiger partial charge in [0.05, 0.1) is 5.69 Å². The maximum absolute atomic E-state index is 15.8. The van der Waals surface area contributed by atoms with Crippen LogP contribution >= 0.6 is 0 Å². The van der Waals surface area contributed by atoms with Gasteiger partial charge < -0.3 is 9.15 Å². The lowest BCUT2D eigenvalue weighted by molar-refractivity contribution is -0.151. The number of benzene rings is 3. The van der Waals surface area contributed by atoms with Crippen LogP contribution in [0.5, 0.6) is 0 Å². The second kappa shape index (κ2) is 11.0. The van der Waals surface area contributed by atoms with Crippen LogP contribution in [0.2, 0.25) is 0 Å². The standard InChI is InChI=1S/C29H28FNO4/c1-20(2)18-24(30)26(28(32)34-19-21-12-6-3-7-13-21)31-25(22-14-8-4-9-15-22)27(35-29(31)33)23-16-10-5-11-17-23/h3-17,20,24,26H,18-19H2,1-2H3. The summed E-state index contributed by atoms with van der Waals surface area (Å²) in [5.74, 6) is -1.39. The van der Waals surface area contributed by atoms with Crippen LogP contribution in [0.3, 0.4) is 0 Å². The lowest BCUT2D eigenvalue weighted by Crippen LogP contribution is -2.36. The van der Waals surface area contributed by atoms with Crippen molar-refractivity contribution in [3.8, 4) is 22.6 Å². The molecular weight excluding hydrogens is 445 g/mol. The van der Waals surface area contributed by atoms with Crippen molar-refractivity contribution in [3.05, 3.63) is 107 Å². The third-order valence-corrected chi connectivity index (χ3v) is 5.71. The number of oxazole rings is 1. The molecule has 4 aromatic rings. The van der Waals surface area contributed by atoms with Gasteiger partial charge in [-0.15, -0.1) is 0 Å². The van der Waals surface area contributed by atoms with Crippen molar-refractivity contribution in [2.45, 2.75) is 39.1 Å². The number of esters is 1. The molecule has 5 nitrogen and oxygen atoms in total. The van der Waals surface area contributed by atoms with E-state index in [1.54, 1.807) is 24.3 Å². The zero-order chi connectivity index (χ0) is 24.8. The Bertz CT molecular complexity index is 1300. The van der Waals surface area contributed by atoms with Gasteiger partial charge in [-0.1, -0.05) is 105 Å². The Balaban J connectivity index is 1.84. The normalized spacial score (nSPS) is 12.9. The zero-order valence-electron chi connectivity index (χ0n) is 19.8. The molecule has 180 valence electrons. The Morgan fingerprint density at radius 3 is 2.00 bits per heavy atom. The van der Waals surface area contributed by atoms with E-state index in [1.807, 2.05) is 80.6 Å². The Hall–Kier alpha value is -3.93. The molecule has 0 spiro atoms. The Morgan fingerprint density at radius 1 is 0.886 bits per heavy atom. The number of halogens is 1. The molecule has 0 aliphatic heterocycles. The van der Waals surface area contributed by atoms with Gasteiger partial charge in [0, 0.05) is 11.1 Å². The van der Waals surface area contributed by atoms with E-state index in [-0.39, 0.29) is 24.7 Å². The van der Waals surface area contributed by atoms with Crippen LogP contribution in [-0.2, 0) is 16.1 Å². The molecule has 0 aliphatic rings. The van der Waals surface area contributed by atoms with E-state index in [4.69, 9.17) is 9.15 Å². The summed E-state index contributed by atoms with van der Waals surface area (Å²) in [6, 6.07) is 25.8. The Labute approximate surface area is 203 Å². The number of alkyl halides is 1. The molecule has 2 atom stereocenters. The van der Waals surface area contributed by atoms with Crippen molar-refractivity contribution in [1.82, 2.24) is 4.57 Å². The Kier molecular flexibility index (Phi) is 7.60. The number of rotatable bonds is 9. The van der Waals surface area contributed by atoms with E-state index in [0.717, 1.165) is 10.1 Å². The highest BCUT2D eigenvalue weighted by Crippen LogP contribution is 2.35. The van der Waals surface area contributed by atoms with Gasteiger partial charge in [0.2, 0.25) is 0 Å². The number of carbonyl (C=O) groups is 1. The molecule has 2 unspecified atom stereocenters. The third kappa shape index (κ3) is 5.60. The quantitative estimate of drug-likeness (QED) is 0.262. The summed E-state index contributed by atoms with van der Waals surface area (Å²) in [5, 5.41) is 0. The topological polar surface area (TPSA) is 61.4 Å². The summed E-state index contributed by atoms with van der Waals surface area (Å²) in [6.07, 6.45) is -1.57. The second-order valence-electron chi connectivity index (χ2n) is 8.83. The largest absolute Gasteiger partial charge is 0.459 e. The average molecular weight is 474 g/mol. The summed E-state index contributed by atoms with van der Waals surface area (Å²) in [5.41, 5.74) is 2.40. The fourth-order valence-corrected chi connectivity index (χ4v) is 4.10. The number of nitrogens with zero attached hydrogens (tertiary/aromatic N) is 1. The number of aromatic nitrogens is 1. The van der Waals surface area contributed by atoms with Crippen molar-refractivity contribution < 1.29 is 18.3 Å². The van der Waals surface area contributed by atoms with Crippen LogP contribution in [0.25, 0.3) is 22.6 Å². The highest BCUT2D eigenvalue weighted by molar-refractivity contribution is 5.81. The van der Waals surface area contributed by atoms with E-state index in [9.17, 15) is 9.59 Å². The second-order valence-corrected chi connectivity index (χ2v) is 8.83. The average Bonchev–Trinajstić information content (AvgIpc) is 3.21. The van der Waals surface area contributed by atoms with Gasteiger partial charge in [0.25, 0.3) is 0 Å². The number of carbonyl (C=O) groups excluding carboxylic acids is 1. The minimum absolute atomic E-state index is 0.0244. The van der Waals surface area contributed by atoms with E-state index >= 15 is 4.39 Å². The maximum Gasteiger partial charge on any atom is 0.420 e. The molecule has 6 heteroatoms. The summed E-state index contributed by atoms with van der Waals surface area (Å²) in [4.78, 5) is 26.6. The van der Waals surface area contributed by atoms with E-state index in [0.29, 0.717) is 16.8 Å². The van der Waals surface area contributed by atoms with Crippen molar-refractivity contribution >= 4 is 5.97 Å². The van der Waals surface area contributed by atoms with Crippen LogP contribution in [0, 0.1) is 5.92 Å². The molecule has 4 rings (SSSR count). The van der Waals surface area contributed by atoms with E-state index < -0.39 is 23.9 Å². The molecule has 0 saturated heterocycles. The smallest absolute Gasteiger partial charge is 0.420 e. The number of hydrogen-bond acceptors (Lipinski definition) is 4. The first-order valence-electron chi connectivity index (χ1n) is 11.7. The predicted octanol–water partition coefficient (Wildman–Crippen LogP) is 6.44. The summed E-state index contributed by atoms with van der Waals surface area (Å²) in [7, 11) is 0. The van der Waals surface area contributed by atoms with Gasteiger partial charge in [-0.05, 0) is 17.9 Å². The van der Waals surface area contributed by atoms with Crippen LogP contribution in [-0.4, -0.2) is 16.7 Å². The fourth-order valence-electron chi connectivity index (χ4n) is 4.10. The molecule has 0 radical (unpaired) electrons. The molecule has 0 N–H and O–H groups in total. The Morgan fingerprint density at radius 2 is 1.43 bits per heavy atom. The van der Waals surface area contributed by atoms with Crippen LogP contribution in [0.1, 0.15) is 31.9 Å². The molecule has 3 aromatic carbocycles. The molecular formula is C29H28FNO4. The molecule has 35 heavy (non-hydrogen) atoms. The third-order valence-electron chi connectivity index (χ3n) is 5.71. The van der Waals surface area contributed by atoms with Crippen molar-refractivity contribution in [1.29, 1.82) is 0 Å². The van der Waals surface area contributed by atoms with Gasteiger partial charge in [-0.25, -0.2) is 14.0 Å². The molecule has 1 heterocycles. The molecule has 0 bridgehead atoms. The highest BCUT2D eigenvalue weighted by Gasteiger charge is 2.37. The molecule has 0 fully saturated rings. The number of ether oxygens (including phenoxy) is 1. The summed E-state index contributed by atoms with van der Waals surface area (Å²) < 4.78 is 28.1. The lowest BCUT2D eigenvalue weighted by Gasteiger charge is -2.23. The first-order valence-corrected chi connectivity index (χ1v) is 11.7. The van der Waals surface area contributed by atoms with Crippen LogP contribution < -0.4 is 5.76 Å². The lowest BCUT2D eigenvalue weighted by atomic mass is 9.99. The van der Waals surface area contributed by atoms with Crippen LogP contribution in [0.4, 0.5) is 4.39 Å². The van der Waals surface area contributed by atoms with Crippen molar-refractivity contribution in [2.24, 2.45) is 5.92 Å². The molecule has 1 aromatic heterocycles. The fraction of sp³-hybridized carbons (Fsp3) is 0.241. The van der Waals surface area contributed by atoms with E-state index in [2.05, 4.69) is 0 Å². The highest BCUT2D eigenvalue weighted by atomic mass is 19.1. The SMILES string of the molecule is CC(C)CC(F)C(C(=O)OCc1ccccc1)n1c(-c2ccccc2)c(-c2ccccc2)oc1=O. The van der Waals surface area contributed by atoms with Crippen molar-refractivity contribution in [2.75, 3.05) is 0 Å². The monoisotopic (exact) mass is 473 g/mol. The first kappa shape index (κ1) is 24.2. The van der Waals surface area contributed by atoms with E-state index in [1.165, 1.54) is 0 Å². The van der Waals surface area contributed by atoms with Gasteiger partial charge in [0.15, 0.2) is 11.8 Å². The van der Waals surface area contributed by atoms with Gasteiger partial charge in [-0.3, -0.25) is 4.57 Å². The van der Waals surface area contributed by atoms with Gasteiger partial charge in [-0.2, -0.15) is 0 Å². The van der Waals surface area contributed by atoms with Gasteiger partial charge in [0.1, 0.15) is 12.8 Å². The molecule has 0 saturated carbocycles.